The van der Waals surface area contributed by atoms with Gasteiger partial charge in [-0.3, -0.25) is 9.30 Å². The number of sulfonamides is 1. The molecule has 1 aromatic rings. The zero-order chi connectivity index (χ0) is 16.7. The fourth-order valence-corrected chi connectivity index (χ4v) is 4.00. The third-order valence-corrected chi connectivity index (χ3v) is 5.44. The summed E-state index contributed by atoms with van der Waals surface area (Å²) in [6, 6.07) is 7.69. The lowest BCUT2D eigenvalue weighted by atomic mass is 10.2. The summed E-state index contributed by atoms with van der Waals surface area (Å²) in [5, 5.41) is 6.21. The number of hydrogen-bond acceptors (Lipinski definition) is 3. The van der Waals surface area contributed by atoms with E-state index in [-0.39, 0.29) is 29.7 Å². The molecular formula is C16H27IN4O2S. The van der Waals surface area contributed by atoms with Gasteiger partial charge in [0.2, 0.25) is 10.0 Å². The molecule has 6 nitrogen and oxygen atoms in total. The summed E-state index contributed by atoms with van der Waals surface area (Å²) in [5.41, 5.74) is 1.92. The van der Waals surface area contributed by atoms with Crippen molar-refractivity contribution < 1.29 is 8.42 Å². The van der Waals surface area contributed by atoms with Crippen molar-refractivity contribution in [2.45, 2.75) is 26.7 Å². The van der Waals surface area contributed by atoms with Crippen LogP contribution in [0.15, 0.2) is 29.3 Å². The topological polar surface area (TPSA) is 73.8 Å². The SMILES string of the molecule is CCCN=C(NCC)NCCS(=O)(=O)N1CCc2ccccc21.I. The molecule has 0 fully saturated rings. The third-order valence-electron chi connectivity index (χ3n) is 3.67. The Labute approximate surface area is 162 Å². The second kappa shape index (κ2) is 10.1. The predicted molar refractivity (Wildman–Crippen MR) is 111 cm³/mol. The van der Waals surface area contributed by atoms with Crippen molar-refractivity contribution in [3.8, 4) is 0 Å². The van der Waals surface area contributed by atoms with E-state index in [0.29, 0.717) is 19.0 Å². The number of hydrogen-bond donors (Lipinski definition) is 2. The van der Waals surface area contributed by atoms with Gasteiger partial charge in [0.25, 0.3) is 0 Å². The quantitative estimate of drug-likeness (QED) is 0.366. The van der Waals surface area contributed by atoms with Gasteiger partial charge >= 0.3 is 0 Å². The number of fused-ring (bicyclic) bond motifs is 1. The Balaban J connectivity index is 0.00000288. The molecule has 8 heteroatoms. The molecule has 0 aromatic heterocycles. The van der Waals surface area contributed by atoms with E-state index in [4.69, 9.17) is 0 Å². The minimum absolute atomic E-state index is 0. The van der Waals surface area contributed by atoms with Crippen LogP contribution in [-0.4, -0.2) is 46.3 Å². The average Bonchev–Trinajstić information content (AvgIpc) is 2.97. The minimum Gasteiger partial charge on any atom is -0.357 e. The summed E-state index contributed by atoms with van der Waals surface area (Å²) < 4.78 is 26.7. The highest BCUT2D eigenvalue weighted by Crippen LogP contribution is 2.29. The molecule has 0 radical (unpaired) electrons. The van der Waals surface area contributed by atoms with Crippen LogP contribution in [0.1, 0.15) is 25.8 Å². The fraction of sp³-hybridized carbons (Fsp3) is 0.562. The Bertz CT molecular complexity index is 649. The van der Waals surface area contributed by atoms with Gasteiger partial charge in [0, 0.05) is 26.2 Å². The molecule has 0 saturated carbocycles. The Morgan fingerprint density at radius 2 is 2.00 bits per heavy atom. The fourth-order valence-electron chi connectivity index (χ4n) is 2.57. The number of para-hydroxylation sites is 1. The maximum Gasteiger partial charge on any atom is 0.236 e. The summed E-state index contributed by atoms with van der Waals surface area (Å²) >= 11 is 0. The molecule has 0 spiro atoms. The van der Waals surface area contributed by atoms with Gasteiger partial charge < -0.3 is 10.6 Å². The third kappa shape index (κ3) is 5.51. The number of nitrogens with zero attached hydrogens (tertiary/aromatic N) is 2. The number of anilines is 1. The van der Waals surface area contributed by atoms with Crippen LogP contribution in [0.4, 0.5) is 5.69 Å². The van der Waals surface area contributed by atoms with E-state index in [1.807, 2.05) is 31.2 Å². The van der Waals surface area contributed by atoms with Crippen molar-refractivity contribution in [3.05, 3.63) is 29.8 Å². The molecule has 136 valence electrons. The first-order valence-electron chi connectivity index (χ1n) is 8.19. The number of rotatable bonds is 7. The van der Waals surface area contributed by atoms with Crippen LogP contribution in [-0.2, 0) is 16.4 Å². The molecule has 2 rings (SSSR count). The van der Waals surface area contributed by atoms with Gasteiger partial charge in [-0.2, -0.15) is 0 Å². The van der Waals surface area contributed by atoms with Gasteiger partial charge in [0.1, 0.15) is 0 Å². The van der Waals surface area contributed by atoms with Crippen LogP contribution in [0.2, 0.25) is 0 Å². The first kappa shape index (κ1) is 21.0. The van der Waals surface area contributed by atoms with Crippen molar-refractivity contribution in [1.29, 1.82) is 0 Å². The lowest BCUT2D eigenvalue weighted by molar-refractivity contribution is 0.591. The molecule has 0 aliphatic carbocycles. The second-order valence-corrected chi connectivity index (χ2v) is 7.47. The predicted octanol–water partition coefficient (Wildman–Crippen LogP) is 1.96. The molecule has 1 aromatic carbocycles. The van der Waals surface area contributed by atoms with Crippen LogP contribution in [0.3, 0.4) is 0 Å². The van der Waals surface area contributed by atoms with E-state index in [1.54, 1.807) is 0 Å². The molecule has 1 aliphatic heterocycles. The number of nitrogens with one attached hydrogen (secondary N) is 2. The average molecular weight is 466 g/mol. The van der Waals surface area contributed by atoms with Crippen molar-refractivity contribution in [2.24, 2.45) is 4.99 Å². The van der Waals surface area contributed by atoms with E-state index >= 15 is 0 Å². The monoisotopic (exact) mass is 466 g/mol. The molecule has 0 bridgehead atoms. The van der Waals surface area contributed by atoms with Crippen molar-refractivity contribution >= 4 is 45.6 Å². The van der Waals surface area contributed by atoms with Crippen molar-refractivity contribution in [1.82, 2.24) is 10.6 Å². The molecule has 0 atom stereocenters. The Hall–Kier alpha value is -1.03. The van der Waals surface area contributed by atoms with E-state index < -0.39 is 10.0 Å². The molecule has 1 aliphatic rings. The standard InChI is InChI=1S/C16H26N4O2S.HI/c1-3-10-18-16(17-4-2)19-11-13-23(21,22)20-12-9-14-7-5-6-8-15(14)20;/h5-8H,3-4,9-13H2,1-2H3,(H2,17,18,19);1H. The molecule has 0 saturated heterocycles. The highest BCUT2D eigenvalue weighted by Gasteiger charge is 2.28. The molecule has 24 heavy (non-hydrogen) atoms. The van der Waals surface area contributed by atoms with Crippen LogP contribution in [0.25, 0.3) is 0 Å². The van der Waals surface area contributed by atoms with Crippen molar-refractivity contribution in [2.75, 3.05) is 36.2 Å². The van der Waals surface area contributed by atoms with Gasteiger partial charge in [-0.15, -0.1) is 24.0 Å². The first-order chi connectivity index (χ1) is 11.1. The molecular weight excluding hydrogens is 439 g/mol. The van der Waals surface area contributed by atoms with Crippen LogP contribution in [0, 0.1) is 0 Å². The van der Waals surface area contributed by atoms with Gasteiger partial charge in [0.15, 0.2) is 5.96 Å². The molecule has 2 N–H and O–H groups in total. The van der Waals surface area contributed by atoms with Gasteiger partial charge in [-0.1, -0.05) is 25.1 Å². The molecule has 1 heterocycles. The summed E-state index contributed by atoms with van der Waals surface area (Å²) in [5.74, 6) is 0.726. The number of benzene rings is 1. The Morgan fingerprint density at radius 1 is 1.25 bits per heavy atom. The second-order valence-electron chi connectivity index (χ2n) is 5.45. The molecule has 0 amide bonds. The maximum absolute atomic E-state index is 12.6. The Kier molecular flexibility index (Phi) is 8.82. The lowest BCUT2D eigenvalue weighted by Crippen LogP contribution is -2.42. The number of guanidine groups is 1. The smallest absolute Gasteiger partial charge is 0.236 e. The number of aliphatic imine (C=N–C) groups is 1. The van der Waals surface area contributed by atoms with Crippen LogP contribution < -0.4 is 14.9 Å². The first-order valence-corrected chi connectivity index (χ1v) is 9.80. The van der Waals surface area contributed by atoms with Gasteiger partial charge in [-0.05, 0) is 31.4 Å². The minimum atomic E-state index is -3.32. The highest BCUT2D eigenvalue weighted by atomic mass is 127. The largest absolute Gasteiger partial charge is 0.357 e. The summed E-state index contributed by atoms with van der Waals surface area (Å²) in [4.78, 5) is 4.37. The van der Waals surface area contributed by atoms with E-state index in [0.717, 1.165) is 37.2 Å². The van der Waals surface area contributed by atoms with Gasteiger partial charge in [0.05, 0.1) is 11.4 Å². The summed E-state index contributed by atoms with van der Waals surface area (Å²) in [6.07, 6.45) is 1.74. The summed E-state index contributed by atoms with van der Waals surface area (Å²) in [6.45, 7) is 6.40. The van der Waals surface area contributed by atoms with Crippen LogP contribution in [0.5, 0.6) is 0 Å². The van der Waals surface area contributed by atoms with E-state index in [2.05, 4.69) is 22.5 Å². The summed E-state index contributed by atoms with van der Waals surface area (Å²) in [7, 11) is -3.32. The zero-order valence-electron chi connectivity index (χ0n) is 14.3. The number of halogens is 1. The zero-order valence-corrected chi connectivity index (χ0v) is 17.4. The van der Waals surface area contributed by atoms with Crippen molar-refractivity contribution in [3.63, 3.8) is 0 Å². The lowest BCUT2D eigenvalue weighted by Gasteiger charge is -2.20. The molecule has 0 unspecified atom stereocenters. The Morgan fingerprint density at radius 3 is 2.71 bits per heavy atom. The highest BCUT2D eigenvalue weighted by molar-refractivity contribution is 14.0. The van der Waals surface area contributed by atoms with E-state index in [1.165, 1.54) is 4.31 Å². The van der Waals surface area contributed by atoms with E-state index in [9.17, 15) is 8.42 Å². The van der Waals surface area contributed by atoms with Crippen LogP contribution >= 0.6 is 24.0 Å². The normalized spacial score (nSPS) is 14.1. The van der Waals surface area contributed by atoms with Gasteiger partial charge in [-0.25, -0.2) is 8.42 Å². The maximum atomic E-state index is 12.6.